The highest BCUT2D eigenvalue weighted by Crippen LogP contribution is 2.41. The van der Waals surface area contributed by atoms with Crippen molar-refractivity contribution in [1.29, 1.82) is 0 Å². The number of esters is 1. The molecular formula is C9H11NO3. The van der Waals surface area contributed by atoms with Crippen LogP contribution in [-0.4, -0.2) is 23.9 Å². The standard InChI is InChI=1S/C9H11NO3/c11-8-9(3-4-12-8)5-7(10-13-9)6-1-2-6/h6H,1-5H2. The molecule has 4 heteroatoms. The monoisotopic (exact) mass is 181 g/mol. The maximum Gasteiger partial charge on any atom is 0.353 e. The molecular weight excluding hydrogens is 170 g/mol. The Hall–Kier alpha value is -1.06. The van der Waals surface area contributed by atoms with Gasteiger partial charge in [-0.2, -0.15) is 0 Å². The molecule has 1 unspecified atom stereocenters. The van der Waals surface area contributed by atoms with Crippen LogP contribution in [0.5, 0.6) is 0 Å². The number of nitrogens with zero attached hydrogens (tertiary/aromatic N) is 1. The zero-order chi connectivity index (χ0) is 8.89. The van der Waals surface area contributed by atoms with Gasteiger partial charge in [-0.25, -0.2) is 4.79 Å². The van der Waals surface area contributed by atoms with Crippen LogP contribution in [0.3, 0.4) is 0 Å². The highest BCUT2D eigenvalue weighted by molar-refractivity contribution is 5.96. The van der Waals surface area contributed by atoms with Gasteiger partial charge >= 0.3 is 5.97 Å². The number of hydrogen-bond acceptors (Lipinski definition) is 4. The summed E-state index contributed by atoms with van der Waals surface area (Å²) in [5.41, 5.74) is 0.344. The van der Waals surface area contributed by atoms with Gasteiger partial charge in [0.1, 0.15) is 0 Å². The smallest absolute Gasteiger partial charge is 0.353 e. The van der Waals surface area contributed by atoms with Crippen LogP contribution in [0.1, 0.15) is 25.7 Å². The SMILES string of the molecule is O=C1OCCC12CC(C1CC1)=NO2. The molecule has 0 radical (unpaired) electrons. The minimum absolute atomic E-state index is 0.230. The molecule has 3 aliphatic rings. The van der Waals surface area contributed by atoms with Crippen LogP contribution in [0.15, 0.2) is 5.16 Å². The summed E-state index contributed by atoms with van der Waals surface area (Å²) in [5, 5.41) is 4.00. The van der Waals surface area contributed by atoms with Gasteiger partial charge in [0.15, 0.2) is 0 Å². The van der Waals surface area contributed by atoms with Crippen LogP contribution in [0.2, 0.25) is 0 Å². The molecule has 2 heterocycles. The summed E-state index contributed by atoms with van der Waals surface area (Å²) in [6.45, 7) is 0.478. The van der Waals surface area contributed by atoms with Crippen LogP contribution in [0.4, 0.5) is 0 Å². The predicted octanol–water partition coefficient (Wildman–Crippen LogP) is 0.858. The van der Waals surface area contributed by atoms with Crippen LogP contribution < -0.4 is 0 Å². The summed E-state index contributed by atoms with van der Waals surface area (Å²) < 4.78 is 4.90. The number of oxime groups is 1. The van der Waals surface area contributed by atoms with E-state index in [9.17, 15) is 4.79 Å². The summed E-state index contributed by atoms with van der Waals surface area (Å²) in [4.78, 5) is 16.6. The Morgan fingerprint density at radius 2 is 2.31 bits per heavy atom. The fraction of sp³-hybridized carbons (Fsp3) is 0.778. The van der Waals surface area contributed by atoms with Gasteiger partial charge in [0.25, 0.3) is 0 Å². The number of hydrogen-bond donors (Lipinski definition) is 0. The predicted molar refractivity (Wildman–Crippen MR) is 44.2 cm³/mol. The van der Waals surface area contributed by atoms with Crippen molar-refractivity contribution in [3.05, 3.63) is 0 Å². The topological polar surface area (TPSA) is 47.9 Å². The summed E-state index contributed by atoms with van der Waals surface area (Å²) in [6, 6.07) is 0. The number of carbonyl (C=O) groups excluding carboxylic acids is 1. The molecule has 0 amide bonds. The van der Waals surface area contributed by atoms with Gasteiger partial charge < -0.3 is 9.57 Å². The second kappa shape index (κ2) is 2.25. The molecule has 0 N–H and O–H groups in total. The van der Waals surface area contributed by atoms with E-state index in [-0.39, 0.29) is 5.97 Å². The molecule has 1 atom stereocenters. The molecule has 0 bridgehead atoms. The first-order chi connectivity index (χ1) is 6.30. The second-order valence-corrected chi connectivity index (χ2v) is 4.01. The van der Waals surface area contributed by atoms with E-state index in [2.05, 4.69) is 5.16 Å². The van der Waals surface area contributed by atoms with Gasteiger partial charge in [0.2, 0.25) is 5.60 Å². The first-order valence-corrected chi connectivity index (χ1v) is 4.72. The van der Waals surface area contributed by atoms with E-state index < -0.39 is 5.60 Å². The van der Waals surface area contributed by atoms with Gasteiger partial charge in [-0.1, -0.05) is 5.16 Å². The molecule has 1 aliphatic carbocycles. The van der Waals surface area contributed by atoms with Crippen molar-refractivity contribution >= 4 is 11.7 Å². The molecule has 0 aromatic rings. The summed E-state index contributed by atoms with van der Waals surface area (Å²) in [7, 11) is 0. The van der Waals surface area contributed by atoms with Crippen molar-refractivity contribution in [2.75, 3.05) is 6.61 Å². The van der Waals surface area contributed by atoms with Crippen molar-refractivity contribution in [2.24, 2.45) is 11.1 Å². The third kappa shape index (κ3) is 0.975. The average molecular weight is 181 g/mol. The van der Waals surface area contributed by atoms with Crippen molar-refractivity contribution in [3.8, 4) is 0 Å². The number of ether oxygens (including phenoxy) is 1. The van der Waals surface area contributed by atoms with Crippen molar-refractivity contribution < 1.29 is 14.4 Å². The molecule has 2 aliphatic heterocycles. The van der Waals surface area contributed by atoms with E-state index in [1.54, 1.807) is 0 Å². The van der Waals surface area contributed by atoms with Gasteiger partial charge in [0.05, 0.1) is 12.3 Å². The number of carbonyl (C=O) groups is 1. The molecule has 1 saturated heterocycles. The van der Waals surface area contributed by atoms with Crippen molar-refractivity contribution in [2.45, 2.75) is 31.3 Å². The van der Waals surface area contributed by atoms with E-state index in [1.807, 2.05) is 0 Å². The fourth-order valence-corrected chi connectivity index (χ4v) is 1.92. The molecule has 4 nitrogen and oxygen atoms in total. The lowest BCUT2D eigenvalue weighted by Gasteiger charge is -2.13. The molecule has 0 aromatic heterocycles. The van der Waals surface area contributed by atoms with Crippen molar-refractivity contribution in [1.82, 2.24) is 0 Å². The Morgan fingerprint density at radius 1 is 1.46 bits per heavy atom. The van der Waals surface area contributed by atoms with E-state index in [1.165, 1.54) is 12.8 Å². The Kier molecular flexibility index (Phi) is 1.27. The first kappa shape index (κ1) is 7.35. The second-order valence-electron chi connectivity index (χ2n) is 4.01. The van der Waals surface area contributed by atoms with Gasteiger partial charge in [-0.05, 0) is 12.8 Å². The molecule has 0 aromatic carbocycles. The lowest BCUT2D eigenvalue weighted by molar-refractivity contribution is -0.155. The Labute approximate surface area is 75.9 Å². The molecule has 13 heavy (non-hydrogen) atoms. The third-order valence-corrected chi connectivity index (χ3v) is 2.96. The summed E-state index contributed by atoms with van der Waals surface area (Å²) in [6.07, 6.45) is 3.72. The Bertz CT molecular complexity index is 295. The van der Waals surface area contributed by atoms with E-state index in [4.69, 9.17) is 9.57 Å². The third-order valence-electron chi connectivity index (χ3n) is 2.96. The summed E-state index contributed by atoms with van der Waals surface area (Å²) >= 11 is 0. The van der Waals surface area contributed by atoms with E-state index >= 15 is 0 Å². The quantitative estimate of drug-likeness (QED) is 0.563. The molecule has 2 fully saturated rings. The van der Waals surface area contributed by atoms with Crippen molar-refractivity contribution in [3.63, 3.8) is 0 Å². The zero-order valence-corrected chi connectivity index (χ0v) is 7.28. The van der Waals surface area contributed by atoms with E-state index in [0.29, 0.717) is 25.4 Å². The zero-order valence-electron chi connectivity index (χ0n) is 7.28. The Balaban J connectivity index is 1.79. The highest BCUT2D eigenvalue weighted by atomic mass is 16.7. The normalized spacial score (nSPS) is 37.5. The number of rotatable bonds is 1. The number of cyclic esters (lactones) is 1. The van der Waals surface area contributed by atoms with Gasteiger partial charge in [0, 0.05) is 18.8 Å². The first-order valence-electron chi connectivity index (χ1n) is 4.72. The molecule has 3 rings (SSSR count). The lowest BCUT2D eigenvalue weighted by Crippen LogP contribution is -2.34. The lowest BCUT2D eigenvalue weighted by atomic mass is 9.94. The van der Waals surface area contributed by atoms with Crippen LogP contribution in [-0.2, 0) is 14.4 Å². The Morgan fingerprint density at radius 3 is 2.92 bits per heavy atom. The maximum atomic E-state index is 11.4. The molecule has 1 spiro atoms. The molecule has 70 valence electrons. The van der Waals surface area contributed by atoms with Crippen LogP contribution in [0.25, 0.3) is 0 Å². The van der Waals surface area contributed by atoms with Gasteiger partial charge in [-0.3, -0.25) is 0 Å². The molecule has 1 saturated carbocycles. The van der Waals surface area contributed by atoms with E-state index in [0.717, 1.165) is 5.71 Å². The average Bonchev–Trinajstić information content (AvgIpc) is 2.81. The van der Waals surface area contributed by atoms with Crippen LogP contribution >= 0.6 is 0 Å². The minimum Gasteiger partial charge on any atom is -0.462 e. The highest BCUT2D eigenvalue weighted by Gasteiger charge is 2.53. The maximum absolute atomic E-state index is 11.4. The summed E-state index contributed by atoms with van der Waals surface area (Å²) in [5.74, 6) is 0.361. The fourth-order valence-electron chi connectivity index (χ4n) is 1.92. The van der Waals surface area contributed by atoms with Crippen LogP contribution in [0, 0.1) is 5.92 Å². The van der Waals surface area contributed by atoms with Gasteiger partial charge in [-0.15, -0.1) is 0 Å². The minimum atomic E-state index is -0.724. The largest absolute Gasteiger partial charge is 0.462 e.